The monoisotopic (exact) mass is 373 g/mol. The Kier molecular flexibility index (Phi) is 4.38. The van der Waals surface area contributed by atoms with Crippen LogP contribution in [0.3, 0.4) is 0 Å². The SMILES string of the molecule is c1ccc(-n2cc(CN3CCC[C@H]3c3nc(-c4ccccn4)no3)nn2)cc1. The Morgan fingerprint density at radius 1 is 1.07 bits per heavy atom. The Balaban J connectivity index is 1.33. The molecule has 1 aliphatic heterocycles. The summed E-state index contributed by atoms with van der Waals surface area (Å²) < 4.78 is 7.36. The zero-order valence-electron chi connectivity index (χ0n) is 15.2. The van der Waals surface area contributed by atoms with E-state index in [4.69, 9.17) is 4.52 Å². The maximum atomic E-state index is 5.56. The Bertz CT molecular complexity index is 1040. The van der Waals surface area contributed by atoms with Gasteiger partial charge in [-0.25, -0.2) is 4.68 Å². The second-order valence-electron chi connectivity index (χ2n) is 6.79. The highest BCUT2D eigenvalue weighted by atomic mass is 16.5. The van der Waals surface area contributed by atoms with E-state index in [1.165, 1.54) is 0 Å². The average Bonchev–Trinajstić information content (AvgIpc) is 3.50. The van der Waals surface area contributed by atoms with Gasteiger partial charge in [0.15, 0.2) is 0 Å². The minimum atomic E-state index is 0.0897. The molecule has 1 aromatic carbocycles. The molecule has 0 bridgehead atoms. The van der Waals surface area contributed by atoms with Crippen molar-refractivity contribution in [2.75, 3.05) is 6.54 Å². The first-order chi connectivity index (χ1) is 13.9. The molecule has 0 radical (unpaired) electrons. The highest BCUT2D eigenvalue weighted by Gasteiger charge is 2.31. The van der Waals surface area contributed by atoms with Gasteiger partial charge in [0.1, 0.15) is 5.69 Å². The van der Waals surface area contributed by atoms with E-state index in [9.17, 15) is 0 Å². The van der Waals surface area contributed by atoms with E-state index in [1.807, 2.05) is 54.7 Å². The molecule has 0 aliphatic carbocycles. The van der Waals surface area contributed by atoms with Gasteiger partial charge in [-0.15, -0.1) is 5.10 Å². The number of hydrogen-bond donors (Lipinski definition) is 0. The van der Waals surface area contributed by atoms with Crippen LogP contribution in [0, 0.1) is 0 Å². The number of hydrogen-bond acceptors (Lipinski definition) is 7. The van der Waals surface area contributed by atoms with Crippen molar-refractivity contribution in [3.63, 3.8) is 0 Å². The van der Waals surface area contributed by atoms with E-state index >= 15 is 0 Å². The second-order valence-corrected chi connectivity index (χ2v) is 6.79. The van der Waals surface area contributed by atoms with Crippen LogP contribution in [0.2, 0.25) is 0 Å². The first-order valence-corrected chi connectivity index (χ1v) is 9.32. The Morgan fingerprint density at radius 2 is 1.96 bits per heavy atom. The number of para-hydroxylation sites is 1. The van der Waals surface area contributed by atoms with E-state index in [0.717, 1.165) is 30.8 Å². The van der Waals surface area contributed by atoms with E-state index in [1.54, 1.807) is 10.9 Å². The normalized spacial score (nSPS) is 17.2. The predicted octanol–water partition coefficient (Wildman–Crippen LogP) is 3.05. The smallest absolute Gasteiger partial charge is 0.244 e. The van der Waals surface area contributed by atoms with Crippen molar-refractivity contribution < 1.29 is 4.52 Å². The summed E-state index contributed by atoms with van der Waals surface area (Å²) >= 11 is 0. The first-order valence-electron chi connectivity index (χ1n) is 9.32. The van der Waals surface area contributed by atoms with Crippen LogP contribution in [-0.2, 0) is 6.54 Å². The van der Waals surface area contributed by atoms with Gasteiger partial charge in [-0.3, -0.25) is 9.88 Å². The van der Waals surface area contributed by atoms with Crippen LogP contribution in [-0.4, -0.2) is 41.6 Å². The van der Waals surface area contributed by atoms with Gasteiger partial charge < -0.3 is 4.52 Å². The molecule has 28 heavy (non-hydrogen) atoms. The van der Waals surface area contributed by atoms with Crippen molar-refractivity contribution in [2.24, 2.45) is 0 Å². The molecule has 4 aromatic rings. The molecule has 1 saturated heterocycles. The van der Waals surface area contributed by atoms with Crippen molar-refractivity contribution in [1.82, 2.24) is 35.0 Å². The molecule has 8 nitrogen and oxygen atoms in total. The van der Waals surface area contributed by atoms with Gasteiger partial charge in [-0.1, -0.05) is 34.6 Å². The maximum absolute atomic E-state index is 5.56. The lowest BCUT2D eigenvalue weighted by atomic mass is 10.2. The summed E-state index contributed by atoms with van der Waals surface area (Å²) in [6.45, 7) is 1.66. The molecular formula is C20H19N7O. The molecule has 0 saturated carbocycles. The minimum absolute atomic E-state index is 0.0897. The number of nitrogens with zero attached hydrogens (tertiary/aromatic N) is 7. The molecular weight excluding hydrogens is 354 g/mol. The summed E-state index contributed by atoms with van der Waals surface area (Å²) in [5, 5.41) is 12.7. The highest BCUT2D eigenvalue weighted by Crippen LogP contribution is 2.32. The molecule has 0 amide bonds. The van der Waals surface area contributed by atoms with Gasteiger partial charge in [0.2, 0.25) is 11.7 Å². The van der Waals surface area contributed by atoms with E-state index in [0.29, 0.717) is 24.0 Å². The third-order valence-corrected chi connectivity index (χ3v) is 4.91. The molecule has 1 atom stereocenters. The van der Waals surface area contributed by atoms with E-state index in [-0.39, 0.29) is 6.04 Å². The predicted molar refractivity (Wildman–Crippen MR) is 101 cm³/mol. The van der Waals surface area contributed by atoms with Crippen molar-refractivity contribution in [3.05, 3.63) is 72.5 Å². The molecule has 1 fully saturated rings. The summed E-state index contributed by atoms with van der Waals surface area (Å²) in [5.41, 5.74) is 2.63. The molecule has 1 aliphatic rings. The lowest BCUT2D eigenvalue weighted by Gasteiger charge is -2.19. The Labute approximate surface area is 161 Å². The highest BCUT2D eigenvalue weighted by molar-refractivity contribution is 5.47. The van der Waals surface area contributed by atoms with Crippen molar-refractivity contribution in [3.8, 4) is 17.2 Å². The number of pyridine rings is 1. The fourth-order valence-corrected chi connectivity index (χ4v) is 3.55. The van der Waals surface area contributed by atoms with Crippen LogP contribution in [0.5, 0.6) is 0 Å². The quantitative estimate of drug-likeness (QED) is 0.531. The fraction of sp³-hybridized carbons (Fsp3) is 0.250. The number of rotatable bonds is 5. The van der Waals surface area contributed by atoms with Gasteiger partial charge in [0, 0.05) is 12.7 Å². The molecule has 0 unspecified atom stereocenters. The molecule has 140 valence electrons. The van der Waals surface area contributed by atoms with Gasteiger partial charge in [-0.2, -0.15) is 4.98 Å². The first kappa shape index (κ1) is 16.8. The molecule has 3 aromatic heterocycles. The van der Waals surface area contributed by atoms with Gasteiger partial charge in [0.05, 0.1) is 23.6 Å². The molecule has 0 N–H and O–H groups in total. The van der Waals surface area contributed by atoms with Crippen molar-refractivity contribution >= 4 is 0 Å². The second kappa shape index (κ2) is 7.32. The van der Waals surface area contributed by atoms with Crippen molar-refractivity contribution in [2.45, 2.75) is 25.4 Å². The van der Waals surface area contributed by atoms with Crippen LogP contribution in [0.25, 0.3) is 17.2 Å². The van der Waals surface area contributed by atoms with Gasteiger partial charge in [-0.05, 0) is 43.7 Å². The third kappa shape index (κ3) is 3.29. The topological polar surface area (TPSA) is 85.8 Å². The molecule has 4 heterocycles. The zero-order chi connectivity index (χ0) is 18.8. The van der Waals surface area contributed by atoms with Crippen LogP contribution in [0.15, 0.2) is 65.4 Å². The van der Waals surface area contributed by atoms with Crippen LogP contribution < -0.4 is 0 Å². The fourth-order valence-electron chi connectivity index (χ4n) is 3.55. The average molecular weight is 373 g/mol. The number of aromatic nitrogens is 6. The number of likely N-dealkylation sites (tertiary alicyclic amines) is 1. The third-order valence-electron chi connectivity index (χ3n) is 4.91. The lowest BCUT2D eigenvalue weighted by Crippen LogP contribution is -2.23. The van der Waals surface area contributed by atoms with Crippen LogP contribution >= 0.6 is 0 Å². The Morgan fingerprint density at radius 3 is 2.82 bits per heavy atom. The Hall–Kier alpha value is -3.39. The summed E-state index contributed by atoms with van der Waals surface area (Å²) in [5.74, 6) is 1.16. The number of benzene rings is 1. The molecule has 5 rings (SSSR count). The van der Waals surface area contributed by atoms with E-state index in [2.05, 4.69) is 30.3 Å². The van der Waals surface area contributed by atoms with Crippen molar-refractivity contribution in [1.29, 1.82) is 0 Å². The zero-order valence-corrected chi connectivity index (χ0v) is 15.2. The summed E-state index contributed by atoms with van der Waals surface area (Å²) in [6.07, 6.45) is 5.76. The summed E-state index contributed by atoms with van der Waals surface area (Å²) in [6, 6.07) is 15.7. The molecule has 0 spiro atoms. The lowest BCUT2D eigenvalue weighted by molar-refractivity contribution is 0.199. The van der Waals surface area contributed by atoms with E-state index < -0.39 is 0 Å². The standard InChI is InChI=1S/C20H19N7O/c1-2-7-16(8-3-1)27-14-15(23-25-27)13-26-12-6-10-18(26)20-22-19(24-28-20)17-9-4-5-11-21-17/h1-5,7-9,11,14,18H,6,10,12-13H2/t18-/m0/s1. The van der Waals surface area contributed by atoms with Crippen LogP contribution in [0.1, 0.15) is 30.5 Å². The maximum Gasteiger partial charge on any atom is 0.244 e. The largest absolute Gasteiger partial charge is 0.337 e. The minimum Gasteiger partial charge on any atom is -0.337 e. The molecule has 8 heteroatoms. The van der Waals surface area contributed by atoms with Gasteiger partial charge in [0.25, 0.3) is 0 Å². The van der Waals surface area contributed by atoms with Gasteiger partial charge >= 0.3 is 0 Å². The summed E-state index contributed by atoms with van der Waals surface area (Å²) in [7, 11) is 0. The summed E-state index contributed by atoms with van der Waals surface area (Å²) in [4.78, 5) is 11.2. The van der Waals surface area contributed by atoms with Crippen LogP contribution in [0.4, 0.5) is 0 Å².